The van der Waals surface area contributed by atoms with Gasteiger partial charge < -0.3 is 15.4 Å². The number of piperidine rings is 1. The van der Waals surface area contributed by atoms with Crippen molar-refractivity contribution in [3.05, 3.63) is 35.9 Å². The van der Waals surface area contributed by atoms with E-state index in [0.717, 1.165) is 5.56 Å². The minimum atomic E-state index is -0.459. The molecule has 1 atom stereocenters. The van der Waals surface area contributed by atoms with Gasteiger partial charge in [0.25, 0.3) is 0 Å². The molecule has 1 aromatic carbocycles. The second-order valence-electron chi connectivity index (χ2n) is 4.32. The number of ketones is 1. The second kappa shape index (κ2) is 5.64. The Kier molecular flexibility index (Phi) is 3.94. The lowest BCUT2D eigenvalue weighted by Crippen LogP contribution is -2.49. The maximum absolute atomic E-state index is 11.7. The van der Waals surface area contributed by atoms with E-state index in [0.29, 0.717) is 13.0 Å². The minimum absolute atomic E-state index is 0.0504. The fourth-order valence-corrected chi connectivity index (χ4v) is 1.81. The number of hydrogen-bond acceptors (Lipinski definition) is 4. The van der Waals surface area contributed by atoms with Gasteiger partial charge in [0.15, 0.2) is 5.78 Å². The Labute approximate surface area is 106 Å². The molecule has 1 heterocycles. The number of benzene rings is 1. The fraction of sp³-hybridized carbons (Fsp3) is 0.385. The van der Waals surface area contributed by atoms with Crippen molar-refractivity contribution in [2.45, 2.75) is 19.1 Å². The predicted molar refractivity (Wildman–Crippen MR) is 65.8 cm³/mol. The standard InChI is InChI=1S/C13H16N2O3/c14-11-6-7-15(8-12(11)16)13(17)18-9-10-4-2-1-3-5-10/h1-5,11H,6-9,14H2/t11-/m0/s1. The van der Waals surface area contributed by atoms with Crippen molar-refractivity contribution in [3.8, 4) is 0 Å². The summed E-state index contributed by atoms with van der Waals surface area (Å²) in [6.07, 6.45) is 0.0401. The summed E-state index contributed by atoms with van der Waals surface area (Å²) in [5.74, 6) is -0.113. The summed E-state index contributed by atoms with van der Waals surface area (Å²) in [7, 11) is 0. The molecule has 2 N–H and O–H groups in total. The van der Waals surface area contributed by atoms with Gasteiger partial charge in [0.1, 0.15) is 6.61 Å². The van der Waals surface area contributed by atoms with Crippen molar-refractivity contribution in [1.29, 1.82) is 0 Å². The van der Waals surface area contributed by atoms with E-state index in [1.807, 2.05) is 30.3 Å². The third-order valence-corrected chi connectivity index (χ3v) is 2.93. The van der Waals surface area contributed by atoms with Crippen molar-refractivity contribution in [2.24, 2.45) is 5.73 Å². The van der Waals surface area contributed by atoms with Crippen molar-refractivity contribution in [2.75, 3.05) is 13.1 Å². The molecule has 1 aliphatic heterocycles. The number of amides is 1. The SMILES string of the molecule is N[C@H]1CCN(C(=O)OCc2ccccc2)CC1=O. The number of nitrogens with zero attached hydrogens (tertiary/aromatic N) is 1. The first-order chi connectivity index (χ1) is 8.66. The molecule has 0 aliphatic carbocycles. The first kappa shape index (κ1) is 12.6. The van der Waals surface area contributed by atoms with Crippen LogP contribution in [-0.4, -0.2) is 35.9 Å². The lowest BCUT2D eigenvalue weighted by Gasteiger charge is -2.28. The first-order valence-electron chi connectivity index (χ1n) is 5.91. The molecule has 0 spiro atoms. The van der Waals surface area contributed by atoms with Crippen molar-refractivity contribution >= 4 is 11.9 Å². The summed E-state index contributed by atoms with van der Waals surface area (Å²) >= 11 is 0. The average molecular weight is 248 g/mol. The van der Waals surface area contributed by atoms with E-state index in [4.69, 9.17) is 10.5 Å². The van der Waals surface area contributed by atoms with Crippen LogP contribution >= 0.6 is 0 Å². The number of Topliss-reactive ketones (excluding diaryl/α,β-unsaturated/α-hetero) is 1. The van der Waals surface area contributed by atoms with Crippen LogP contribution < -0.4 is 5.73 Å². The number of carbonyl (C=O) groups excluding carboxylic acids is 2. The smallest absolute Gasteiger partial charge is 0.410 e. The summed E-state index contributed by atoms with van der Waals surface area (Å²) in [6, 6.07) is 8.98. The number of ether oxygens (including phenoxy) is 1. The molecule has 1 aliphatic rings. The molecular weight excluding hydrogens is 232 g/mol. The zero-order valence-corrected chi connectivity index (χ0v) is 10.0. The maximum atomic E-state index is 11.7. The van der Waals surface area contributed by atoms with Crippen LogP contribution in [0.15, 0.2) is 30.3 Å². The Morgan fingerprint density at radius 2 is 2.11 bits per heavy atom. The monoisotopic (exact) mass is 248 g/mol. The van der Waals surface area contributed by atoms with Gasteiger partial charge in [-0.2, -0.15) is 0 Å². The van der Waals surface area contributed by atoms with E-state index in [1.54, 1.807) is 0 Å². The van der Waals surface area contributed by atoms with Gasteiger partial charge in [0.2, 0.25) is 0 Å². The van der Waals surface area contributed by atoms with E-state index in [2.05, 4.69) is 0 Å². The second-order valence-corrected chi connectivity index (χ2v) is 4.32. The zero-order chi connectivity index (χ0) is 13.0. The average Bonchev–Trinajstić information content (AvgIpc) is 2.40. The number of likely N-dealkylation sites (tertiary alicyclic amines) is 1. The van der Waals surface area contributed by atoms with Crippen LogP contribution in [0.4, 0.5) is 4.79 Å². The van der Waals surface area contributed by atoms with E-state index >= 15 is 0 Å². The number of hydrogen-bond donors (Lipinski definition) is 1. The van der Waals surface area contributed by atoms with Crippen molar-refractivity contribution < 1.29 is 14.3 Å². The Hall–Kier alpha value is -1.88. The highest BCUT2D eigenvalue weighted by Crippen LogP contribution is 2.08. The molecule has 5 heteroatoms. The summed E-state index contributed by atoms with van der Waals surface area (Å²) in [5, 5.41) is 0. The van der Waals surface area contributed by atoms with Crippen LogP contribution in [0.25, 0.3) is 0 Å². The Morgan fingerprint density at radius 1 is 1.39 bits per heavy atom. The normalized spacial score (nSPS) is 19.7. The lowest BCUT2D eigenvalue weighted by molar-refractivity contribution is -0.123. The van der Waals surface area contributed by atoms with E-state index < -0.39 is 12.1 Å². The van der Waals surface area contributed by atoms with Crippen LogP contribution in [0.5, 0.6) is 0 Å². The number of carbonyl (C=O) groups is 2. The van der Waals surface area contributed by atoms with E-state index in [1.165, 1.54) is 4.90 Å². The van der Waals surface area contributed by atoms with E-state index in [9.17, 15) is 9.59 Å². The van der Waals surface area contributed by atoms with Crippen LogP contribution in [0.3, 0.4) is 0 Å². The third kappa shape index (κ3) is 3.07. The lowest BCUT2D eigenvalue weighted by atomic mass is 10.1. The van der Waals surface area contributed by atoms with Gasteiger partial charge in [-0.1, -0.05) is 30.3 Å². The Balaban J connectivity index is 1.83. The molecular formula is C13H16N2O3. The molecule has 0 aromatic heterocycles. The molecule has 1 amide bonds. The van der Waals surface area contributed by atoms with Crippen LogP contribution in [0, 0.1) is 0 Å². The fourth-order valence-electron chi connectivity index (χ4n) is 1.81. The first-order valence-corrected chi connectivity index (χ1v) is 5.91. The minimum Gasteiger partial charge on any atom is -0.445 e. The van der Waals surface area contributed by atoms with Crippen molar-refractivity contribution in [1.82, 2.24) is 4.90 Å². The van der Waals surface area contributed by atoms with Crippen LogP contribution in [-0.2, 0) is 16.1 Å². The number of nitrogens with two attached hydrogens (primary N) is 1. The van der Waals surface area contributed by atoms with Crippen LogP contribution in [0.2, 0.25) is 0 Å². The van der Waals surface area contributed by atoms with Gasteiger partial charge in [0.05, 0.1) is 12.6 Å². The van der Waals surface area contributed by atoms with Gasteiger partial charge in [-0.15, -0.1) is 0 Å². The largest absolute Gasteiger partial charge is 0.445 e. The molecule has 1 saturated heterocycles. The molecule has 0 unspecified atom stereocenters. The Bertz CT molecular complexity index is 433. The zero-order valence-electron chi connectivity index (χ0n) is 10.0. The molecule has 96 valence electrons. The van der Waals surface area contributed by atoms with E-state index in [-0.39, 0.29) is 18.9 Å². The van der Waals surface area contributed by atoms with Gasteiger partial charge in [-0.25, -0.2) is 4.79 Å². The molecule has 0 bridgehead atoms. The summed E-state index contributed by atoms with van der Waals surface area (Å²) in [6.45, 7) is 0.742. The molecule has 0 saturated carbocycles. The summed E-state index contributed by atoms with van der Waals surface area (Å²) in [4.78, 5) is 24.5. The predicted octanol–water partition coefficient (Wildman–Crippen LogP) is 0.925. The summed E-state index contributed by atoms with van der Waals surface area (Å²) in [5.41, 5.74) is 6.50. The highest BCUT2D eigenvalue weighted by atomic mass is 16.6. The van der Waals surface area contributed by atoms with Crippen molar-refractivity contribution in [3.63, 3.8) is 0 Å². The van der Waals surface area contributed by atoms with Gasteiger partial charge in [-0.3, -0.25) is 4.79 Å². The number of rotatable bonds is 2. The quantitative estimate of drug-likeness (QED) is 0.845. The third-order valence-electron chi connectivity index (χ3n) is 2.93. The highest BCUT2D eigenvalue weighted by Gasteiger charge is 2.27. The van der Waals surface area contributed by atoms with Gasteiger partial charge in [-0.05, 0) is 12.0 Å². The van der Waals surface area contributed by atoms with Gasteiger partial charge >= 0.3 is 6.09 Å². The highest BCUT2D eigenvalue weighted by molar-refractivity contribution is 5.89. The molecule has 5 nitrogen and oxygen atoms in total. The van der Waals surface area contributed by atoms with Gasteiger partial charge in [0, 0.05) is 6.54 Å². The molecule has 2 rings (SSSR count). The Morgan fingerprint density at radius 3 is 2.78 bits per heavy atom. The molecule has 18 heavy (non-hydrogen) atoms. The maximum Gasteiger partial charge on any atom is 0.410 e. The summed E-state index contributed by atoms with van der Waals surface area (Å²) < 4.78 is 5.15. The molecule has 1 aromatic rings. The molecule has 0 radical (unpaired) electrons. The molecule has 1 fully saturated rings. The topological polar surface area (TPSA) is 72.6 Å². The van der Waals surface area contributed by atoms with Crippen LogP contribution in [0.1, 0.15) is 12.0 Å².